The molecule has 5 aliphatic rings. The van der Waals surface area contributed by atoms with Crippen molar-refractivity contribution in [2.75, 3.05) is 39.6 Å². The molecule has 21 nitrogen and oxygen atoms in total. The van der Waals surface area contributed by atoms with Gasteiger partial charge in [0.15, 0.2) is 33.5 Å². The van der Waals surface area contributed by atoms with E-state index >= 15 is 0 Å². The summed E-state index contributed by atoms with van der Waals surface area (Å²) in [4.78, 5) is 26.9. The van der Waals surface area contributed by atoms with Gasteiger partial charge in [-0.25, -0.2) is 9.59 Å². The molecule has 1 unspecified atom stereocenters. The number of carbonyl (C=O) groups excluding carboxylic acids is 2. The summed E-state index contributed by atoms with van der Waals surface area (Å²) in [5.74, 6) is -2.09. The highest BCUT2D eigenvalue weighted by molar-refractivity contribution is 6.74. The third-order valence-corrected chi connectivity index (χ3v) is 22.1. The molecule has 1 aliphatic carbocycles. The van der Waals surface area contributed by atoms with Crippen molar-refractivity contribution >= 4 is 26.6 Å². The summed E-state index contributed by atoms with van der Waals surface area (Å²) in [6.45, 7) is 16.0. The normalized spacial score (nSPS) is 33.5. The van der Waals surface area contributed by atoms with E-state index in [1.54, 1.807) is 13.8 Å². The van der Waals surface area contributed by atoms with Gasteiger partial charge in [0, 0.05) is 23.9 Å². The summed E-state index contributed by atoms with van der Waals surface area (Å²) >= 11 is 0. The van der Waals surface area contributed by atoms with Crippen LogP contribution >= 0.6 is 0 Å². The van der Waals surface area contributed by atoms with Gasteiger partial charge in [-0.3, -0.25) is 0 Å². The fraction of sp³-hybridized carbons (Fsp3) is 0.576. The van der Waals surface area contributed by atoms with Crippen molar-refractivity contribution in [1.29, 1.82) is 0 Å². The third-order valence-electron chi connectivity index (χ3n) is 17.6. The number of rotatable bonds is 24. The average molecular weight is 1240 g/mol. The number of hydrogen-bond acceptors (Lipinski definition) is 19. The second-order valence-corrected chi connectivity index (χ2v) is 29.9. The Balaban J connectivity index is 1.01. The Morgan fingerprint density at radius 2 is 1.22 bits per heavy atom. The number of nitrogens with one attached hydrogen (secondary N) is 2. The third kappa shape index (κ3) is 17.4. The van der Waals surface area contributed by atoms with Gasteiger partial charge >= 0.3 is 12.2 Å². The quantitative estimate of drug-likeness (QED) is 0.0292. The molecule has 9 rings (SSSR count). The number of carbonyl (C=O) groups is 2. The predicted molar refractivity (Wildman–Crippen MR) is 324 cm³/mol. The number of alkyl carbamates (subject to hydrolysis) is 2. The number of hydrogen-bond donors (Lipinski definition) is 6. The molecule has 5 fully saturated rings. The van der Waals surface area contributed by atoms with Gasteiger partial charge in [0.1, 0.15) is 68.1 Å². The monoisotopic (exact) mass is 1240 g/mol. The first-order valence-corrected chi connectivity index (χ1v) is 33.6. The Morgan fingerprint density at radius 1 is 0.636 bits per heavy atom. The van der Waals surface area contributed by atoms with Crippen molar-refractivity contribution in [3.8, 4) is 0 Å². The molecule has 0 radical (unpaired) electrons. The summed E-state index contributed by atoms with van der Waals surface area (Å²) in [6.07, 6.45) is -15.5. The summed E-state index contributed by atoms with van der Waals surface area (Å²) in [5.41, 5.74) is 3.34. The van der Waals surface area contributed by atoms with Gasteiger partial charge in [0.05, 0.1) is 57.4 Å². The van der Waals surface area contributed by atoms with Gasteiger partial charge in [0.2, 0.25) is 0 Å². The van der Waals surface area contributed by atoms with E-state index in [9.17, 15) is 30.0 Å². The van der Waals surface area contributed by atoms with E-state index in [0.29, 0.717) is 0 Å². The highest BCUT2D eigenvalue weighted by Crippen LogP contribution is 2.43. The molecule has 0 aromatic heterocycles. The van der Waals surface area contributed by atoms with Crippen LogP contribution in [0.1, 0.15) is 76.5 Å². The first-order chi connectivity index (χ1) is 42.2. The van der Waals surface area contributed by atoms with E-state index in [2.05, 4.69) is 44.5 Å². The van der Waals surface area contributed by atoms with Crippen molar-refractivity contribution in [1.82, 2.24) is 10.6 Å². The molecule has 2 amide bonds. The summed E-state index contributed by atoms with van der Waals surface area (Å²) in [6, 6.07) is 36.8. The van der Waals surface area contributed by atoms with Gasteiger partial charge in [-0.2, -0.15) is 0 Å². The summed E-state index contributed by atoms with van der Waals surface area (Å²) in [7, 11) is -2.52. The highest BCUT2D eigenvalue weighted by Gasteiger charge is 2.57. The van der Waals surface area contributed by atoms with E-state index < -0.39 is 143 Å². The Morgan fingerprint density at radius 3 is 1.88 bits per heavy atom. The van der Waals surface area contributed by atoms with Crippen LogP contribution in [0.3, 0.4) is 0 Å². The van der Waals surface area contributed by atoms with Crippen molar-refractivity contribution in [3.05, 3.63) is 150 Å². The molecule has 22 heteroatoms. The predicted octanol–water partition coefficient (Wildman–Crippen LogP) is 7.54. The molecule has 88 heavy (non-hydrogen) atoms. The van der Waals surface area contributed by atoms with E-state index in [-0.39, 0.29) is 64.3 Å². The minimum Gasteiger partial charge on any atom is -0.445 e. The molecule has 4 saturated heterocycles. The van der Waals surface area contributed by atoms with Crippen molar-refractivity contribution in [3.63, 3.8) is 0 Å². The van der Waals surface area contributed by atoms with Crippen LogP contribution in [0, 0.1) is 17.8 Å². The van der Waals surface area contributed by atoms with Crippen molar-refractivity contribution in [2.24, 2.45) is 17.8 Å². The molecule has 20 atom stereocenters. The lowest BCUT2D eigenvalue weighted by Gasteiger charge is -2.50. The highest BCUT2D eigenvalue weighted by atomic mass is 28.4. The van der Waals surface area contributed by atoms with Gasteiger partial charge in [-0.1, -0.05) is 175 Å². The summed E-state index contributed by atoms with van der Waals surface area (Å²) < 4.78 is 84.6. The fourth-order valence-corrected chi connectivity index (χ4v) is 12.2. The maximum atomic E-state index is 13.9. The van der Waals surface area contributed by atoms with Gasteiger partial charge in [-0.15, -0.1) is 0 Å². The van der Waals surface area contributed by atoms with Gasteiger partial charge in [0.25, 0.3) is 0 Å². The Bertz CT molecular complexity index is 2790. The van der Waals surface area contributed by atoms with Gasteiger partial charge < -0.3 is 92.3 Å². The van der Waals surface area contributed by atoms with E-state index in [1.807, 2.05) is 140 Å². The van der Waals surface area contributed by atoms with Crippen LogP contribution in [-0.4, -0.2) is 179 Å². The Kier molecular flexibility index (Phi) is 23.8. The second-order valence-electron chi connectivity index (χ2n) is 25.1. The van der Waals surface area contributed by atoms with E-state index in [1.165, 1.54) is 0 Å². The smallest absolute Gasteiger partial charge is 0.407 e. The lowest BCUT2D eigenvalue weighted by molar-refractivity contribution is -0.366. The molecule has 4 aromatic rings. The molecular formula is C66H90N2O19Si. The fourth-order valence-electron chi connectivity index (χ4n) is 11.2. The minimum atomic E-state index is -2.52. The maximum absolute atomic E-state index is 13.9. The van der Waals surface area contributed by atoms with Crippen LogP contribution in [-0.2, 0) is 74.5 Å². The van der Waals surface area contributed by atoms with Crippen LogP contribution in [0.25, 0.3) is 6.08 Å². The molecule has 6 N–H and O–H groups in total. The Labute approximate surface area is 517 Å². The summed E-state index contributed by atoms with van der Waals surface area (Å²) in [5, 5.41) is 53.1. The molecule has 4 aliphatic heterocycles. The number of fused-ring (bicyclic) bond motifs is 1. The molecule has 0 spiro atoms. The van der Waals surface area contributed by atoms with E-state index in [4.69, 9.17) is 61.3 Å². The number of aliphatic hydroxyl groups excluding tert-OH is 4. The number of aliphatic hydroxyl groups is 4. The maximum Gasteiger partial charge on any atom is 0.407 e. The molecule has 482 valence electrons. The van der Waals surface area contributed by atoms with Crippen LogP contribution < -0.4 is 10.6 Å². The second kappa shape index (κ2) is 31.2. The molecule has 1 saturated carbocycles. The molecular weight excluding hydrogens is 1150 g/mol. The molecule has 4 heterocycles. The van der Waals surface area contributed by atoms with Crippen molar-refractivity contribution < 1.29 is 91.3 Å². The standard InChI is InChI=1S/C66H90N2O19Si/c1-40-34-47(68-65(74)79-37-45-26-17-11-18-27-45)55(84-61-42(3)53(71)56-49(82-61)38-77-62(85-56)46-29-19-12-20-30-46)58(51(40)69)87-63-59(76-33-32-75-31-21-28-43-22-13-9-14-23-43)57(50(83-63)39-80-88(7,8)66(4,5)6)86-60-41(2)52(70)54(72)48(81-60)35-67-64(73)78-36-44-24-15-10-16-25-44/h9-30,40-42,47-63,69-72H,31-39H2,1-8H3,(H,67,73)(H,68,74)/b28-21+/t40-,41-,42-,47+,48+,49-,50-,51+,52-,53-,54-,55-,56-,57-,58-,59-,60-,61-,62?,63+/m1/s1. The van der Waals surface area contributed by atoms with Crippen molar-refractivity contribution in [2.45, 2.75) is 184 Å². The minimum absolute atomic E-state index is 0.00657. The van der Waals surface area contributed by atoms with Gasteiger partial charge in [-0.05, 0) is 47.2 Å². The van der Waals surface area contributed by atoms with E-state index in [0.717, 1.165) is 22.3 Å². The average Bonchev–Trinajstić information content (AvgIpc) is 1.81. The topological polar surface area (TPSA) is 259 Å². The Hall–Kier alpha value is -5.22. The largest absolute Gasteiger partial charge is 0.445 e. The zero-order valence-corrected chi connectivity index (χ0v) is 52.5. The number of amides is 2. The zero-order chi connectivity index (χ0) is 62.5. The molecule has 0 bridgehead atoms. The van der Waals surface area contributed by atoms with Crippen LogP contribution in [0.5, 0.6) is 0 Å². The van der Waals surface area contributed by atoms with Crippen LogP contribution in [0.4, 0.5) is 9.59 Å². The first-order valence-electron chi connectivity index (χ1n) is 30.7. The first kappa shape index (κ1) is 67.2. The van der Waals surface area contributed by atoms with Crippen LogP contribution in [0.2, 0.25) is 18.1 Å². The molecule has 4 aromatic carbocycles. The van der Waals surface area contributed by atoms with Crippen LogP contribution in [0.15, 0.2) is 127 Å². The number of ether oxygens (including phenoxy) is 12. The lowest BCUT2D eigenvalue weighted by atomic mass is 9.80. The lowest BCUT2D eigenvalue weighted by Crippen LogP contribution is -2.65. The zero-order valence-electron chi connectivity index (χ0n) is 51.5. The number of benzene rings is 4. The SMILES string of the molecule is C[C@H]1[C@@H](O[C@H]2[C@@H](OCCOC/C=C/c3ccccc3)[C@H](O[C@@H]3[C@@H](O)[C@H](C)C[C@H](NC(=O)OCc4ccccc4)[C@H]3O[C@H]3O[C@@H]4COC(c5ccccc5)O[C@H]4[C@H](O)[C@H]3C)O[C@@H]2CO[Si](C)(C)C(C)(C)C)O[C@@H](CNC(=O)OCc2ccccc2)[C@@H](O)[C@@H]1O.